The summed E-state index contributed by atoms with van der Waals surface area (Å²) in [5.74, 6) is 0.776. The van der Waals surface area contributed by atoms with Crippen molar-refractivity contribution >= 4 is 10.0 Å². The molecule has 1 aliphatic rings. The molecule has 0 spiro atoms. The van der Waals surface area contributed by atoms with Crippen LogP contribution in [-0.2, 0) is 10.0 Å². The molecule has 3 N–H and O–H groups in total. The largest absolute Gasteiger partial charge is 0.316 e. The monoisotopic (exact) mass is 249 g/mol. The van der Waals surface area contributed by atoms with Gasteiger partial charge in [0.05, 0.1) is 5.75 Å². The maximum atomic E-state index is 10.7. The van der Waals surface area contributed by atoms with Crippen LogP contribution in [0.4, 0.5) is 0 Å². The first-order valence-corrected chi connectivity index (χ1v) is 7.58. The van der Waals surface area contributed by atoms with Gasteiger partial charge >= 0.3 is 0 Å². The van der Waals surface area contributed by atoms with E-state index in [1.54, 1.807) is 0 Å². The molecule has 1 heterocycles. The van der Waals surface area contributed by atoms with Crippen molar-refractivity contribution in [1.82, 2.24) is 10.2 Å². The summed E-state index contributed by atoms with van der Waals surface area (Å²) in [5.41, 5.74) is 0. The van der Waals surface area contributed by atoms with Crippen molar-refractivity contribution < 1.29 is 8.42 Å². The Morgan fingerprint density at radius 1 is 1.50 bits per heavy atom. The van der Waals surface area contributed by atoms with Crippen LogP contribution < -0.4 is 10.5 Å². The highest BCUT2D eigenvalue weighted by Crippen LogP contribution is 2.13. The Morgan fingerprint density at radius 2 is 2.25 bits per heavy atom. The van der Waals surface area contributed by atoms with Crippen molar-refractivity contribution in [1.29, 1.82) is 0 Å². The van der Waals surface area contributed by atoms with Crippen LogP contribution in [-0.4, -0.2) is 52.3 Å². The molecule has 16 heavy (non-hydrogen) atoms. The smallest absolute Gasteiger partial charge is 0.209 e. The molecule has 1 unspecified atom stereocenters. The summed E-state index contributed by atoms with van der Waals surface area (Å²) in [6.45, 7) is 4.05. The van der Waals surface area contributed by atoms with Gasteiger partial charge in [-0.1, -0.05) is 0 Å². The number of hydrogen-bond donors (Lipinski definition) is 2. The van der Waals surface area contributed by atoms with Gasteiger partial charge in [0, 0.05) is 6.54 Å². The summed E-state index contributed by atoms with van der Waals surface area (Å²) < 4.78 is 21.4. The molecule has 96 valence electrons. The summed E-state index contributed by atoms with van der Waals surface area (Å²) in [6, 6.07) is 0. The van der Waals surface area contributed by atoms with E-state index in [1.807, 2.05) is 0 Å². The van der Waals surface area contributed by atoms with Gasteiger partial charge in [0.1, 0.15) is 0 Å². The van der Waals surface area contributed by atoms with Gasteiger partial charge in [0.15, 0.2) is 0 Å². The zero-order valence-corrected chi connectivity index (χ0v) is 10.8. The molecule has 1 atom stereocenters. The Hall–Kier alpha value is -0.170. The van der Waals surface area contributed by atoms with E-state index in [-0.39, 0.29) is 5.75 Å². The number of nitrogens with one attached hydrogen (secondary N) is 1. The molecule has 5 nitrogen and oxygen atoms in total. The first-order valence-electron chi connectivity index (χ1n) is 5.87. The van der Waals surface area contributed by atoms with Crippen molar-refractivity contribution in [3.05, 3.63) is 0 Å². The number of hydrogen-bond acceptors (Lipinski definition) is 4. The third kappa shape index (κ3) is 6.42. The Bertz CT molecular complexity index is 292. The van der Waals surface area contributed by atoms with Gasteiger partial charge in [-0.2, -0.15) is 0 Å². The van der Waals surface area contributed by atoms with Crippen LogP contribution >= 0.6 is 0 Å². The van der Waals surface area contributed by atoms with Crippen LogP contribution in [0.2, 0.25) is 0 Å². The van der Waals surface area contributed by atoms with E-state index in [4.69, 9.17) is 5.14 Å². The fraction of sp³-hybridized carbons (Fsp3) is 1.00. The Balaban J connectivity index is 2.02. The van der Waals surface area contributed by atoms with Crippen molar-refractivity contribution in [3.8, 4) is 0 Å². The molecule has 1 rings (SSSR count). The van der Waals surface area contributed by atoms with Gasteiger partial charge in [0.2, 0.25) is 10.0 Å². The van der Waals surface area contributed by atoms with E-state index < -0.39 is 10.0 Å². The molecule has 0 saturated carbocycles. The quantitative estimate of drug-likeness (QED) is 0.628. The molecule has 1 fully saturated rings. The van der Waals surface area contributed by atoms with Crippen LogP contribution in [0.3, 0.4) is 0 Å². The number of nitrogens with two attached hydrogens (primary N) is 1. The molecular weight excluding hydrogens is 226 g/mol. The topological polar surface area (TPSA) is 75.4 Å². The molecule has 0 aromatic heterocycles. The van der Waals surface area contributed by atoms with E-state index in [0.29, 0.717) is 12.3 Å². The highest BCUT2D eigenvalue weighted by Gasteiger charge is 2.16. The maximum absolute atomic E-state index is 10.7. The summed E-state index contributed by atoms with van der Waals surface area (Å²) in [4.78, 5) is 2.35. The average molecular weight is 249 g/mol. The summed E-state index contributed by atoms with van der Waals surface area (Å²) in [6.07, 6.45) is 3.13. The minimum Gasteiger partial charge on any atom is -0.316 e. The molecule has 0 aromatic rings. The van der Waals surface area contributed by atoms with E-state index >= 15 is 0 Å². The number of primary sulfonamides is 1. The average Bonchev–Trinajstić information content (AvgIpc) is 2.15. The molecule has 1 saturated heterocycles. The number of likely N-dealkylation sites (tertiary alicyclic amines) is 1. The second-order valence-electron chi connectivity index (χ2n) is 4.70. The Morgan fingerprint density at radius 3 is 2.88 bits per heavy atom. The third-order valence-corrected chi connectivity index (χ3v) is 3.80. The maximum Gasteiger partial charge on any atom is 0.209 e. The third-order valence-electron chi connectivity index (χ3n) is 2.94. The molecule has 0 amide bonds. The number of sulfonamides is 1. The highest BCUT2D eigenvalue weighted by atomic mass is 32.2. The van der Waals surface area contributed by atoms with E-state index in [0.717, 1.165) is 19.6 Å². The van der Waals surface area contributed by atoms with Crippen molar-refractivity contribution in [3.63, 3.8) is 0 Å². The molecule has 0 aliphatic carbocycles. The molecule has 0 radical (unpaired) electrons. The predicted octanol–water partition coefficient (Wildman–Crippen LogP) is -0.404. The lowest BCUT2D eigenvalue weighted by atomic mass is 9.98. The molecule has 0 bridgehead atoms. The van der Waals surface area contributed by atoms with Gasteiger partial charge < -0.3 is 10.2 Å². The van der Waals surface area contributed by atoms with Crippen LogP contribution in [0.25, 0.3) is 0 Å². The molecular formula is C10H23N3O2S. The second kappa shape index (κ2) is 6.54. The SMILES string of the molecule is CN1CCCC(CNCCCS(N)(=O)=O)C1. The number of nitrogens with zero attached hydrogens (tertiary/aromatic N) is 1. The number of rotatable bonds is 6. The molecule has 6 heteroatoms. The van der Waals surface area contributed by atoms with Crippen molar-refractivity contribution in [2.45, 2.75) is 19.3 Å². The van der Waals surface area contributed by atoms with Gasteiger partial charge in [-0.05, 0) is 51.9 Å². The number of piperidine rings is 1. The first-order chi connectivity index (χ1) is 7.47. The van der Waals surface area contributed by atoms with E-state index in [9.17, 15) is 8.42 Å². The fourth-order valence-corrected chi connectivity index (χ4v) is 2.69. The van der Waals surface area contributed by atoms with Gasteiger partial charge in [-0.3, -0.25) is 0 Å². The first kappa shape index (κ1) is 13.9. The van der Waals surface area contributed by atoms with E-state index in [2.05, 4.69) is 17.3 Å². The fourth-order valence-electron chi connectivity index (χ4n) is 2.14. The molecule has 1 aliphatic heterocycles. The minimum atomic E-state index is -3.29. The lowest BCUT2D eigenvalue weighted by molar-refractivity contribution is 0.206. The lowest BCUT2D eigenvalue weighted by Crippen LogP contribution is -2.37. The Kier molecular flexibility index (Phi) is 5.68. The summed E-state index contributed by atoms with van der Waals surface area (Å²) >= 11 is 0. The van der Waals surface area contributed by atoms with Crippen molar-refractivity contribution in [2.24, 2.45) is 11.1 Å². The minimum absolute atomic E-state index is 0.0740. The predicted molar refractivity (Wildman–Crippen MR) is 65.7 cm³/mol. The van der Waals surface area contributed by atoms with Gasteiger partial charge in [-0.15, -0.1) is 0 Å². The normalized spacial score (nSPS) is 23.5. The van der Waals surface area contributed by atoms with Crippen LogP contribution in [0.15, 0.2) is 0 Å². The molecule has 0 aromatic carbocycles. The lowest BCUT2D eigenvalue weighted by Gasteiger charge is -2.29. The van der Waals surface area contributed by atoms with E-state index in [1.165, 1.54) is 19.4 Å². The van der Waals surface area contributed by atoms with Crippen LogP contribution in [0, 0.1) is 5.92 Å². The standard InChI is InChI=1S/C10H23N3O2S/c1-13-6-2-4-10(9-13)8-12-5-3-7-16(11,14)15/h10,12H,2-9H2,1H3,(H2,11,14,15). The van der Waals surface area contributed by atoms with Crippen molar-refractivity contribution in [2.75, 3.05) is 39.0 Å². The Labute approximate surface area is 98.4 Å². The van der Waals surface area contributed by atoms with Gasteiger partial charge in [-0.25, -0.2) is 13.6 Å². The van der Waals surface area contributed by atoms with Gasteiger partial charge in [0.25, 0.3) is 0 Å². The zero-order valence-electron chi connectivity index (χ0n) is 9.98. The summed E-state index contributed by atoms with van der Waals surface area (Å²) in [5, 5.41) is 8.22. The zero-order chi connectivity index (χ0) is 12.0. The van der Waals surface area contributed by atoms with Crippen LogP contribution in [0.5, 0.6) is 0 Å². The van der Waals surface area contributed by atoms with Crippen LogP contribution in [0.1, 0.15) is 19.3 Å². The highest BCUT2D eigenvalue weighted by molar-refractivity contribution is 7.89. The summed E-state index contributed by atoms with van der Waals surface area (Å²) in [7, 11) is -1.14. The second-order valence-corrected chi connectivity index (χ2v) is 6.43.